The molecule has 11 heteroatoms. The first-order valence-electron chi connectivity index (χ1n) is 12.7. The summed E-state index contributed by atoms with van der Waals surface area (Å²) < 4.78 is 3.29. The highest BCUT2D eigenvalue weighted by Crippen LogP contribution is 2.45. The van der Waals surface area contributed by atoms with Crippen molar-refractivity contribution < 1.29 is 14.4 Å². The van der Waals surface area contributed by atoms with E-state index in [0.717, 1.165) is 11.8 Å². The van der Waals surface area contributed by atoms with Gasteiger partial charge in [0.1, 0.15) is 12.2 Å². The Labute approximate surface area is 244 Å². The summed E-state index contributed by atoms with van der Waals surface area (Å²) in [5.41, 5.74) is 2.72. The van der Waals surface area contributed by atoms with Gasteiger partial charge in [-0.1, -0.05) is 78.6 Å². The Bertz CT molecular complexity index is 1840. The molecular formula is C30H23N5O4S2. The quantitative estimate of drug-likeness (QED) is 0.280. The number of nitrogens with one attached hydrogen (secondary N) is 1. The van der Waals surface area contributed by atoms with Gasteiger partial charge in [-0.25, -0.2) is 4.68 Å². The van der Waals surface area contributed by atoms with Crippen molar-refractivity contribution in [2.75, 3.05) is 21.7 Å². The first-order chi connectivity index (χ1) is 19.8. The molecule has 1 aromatic heterocycles. The van der Waals surface area contributed by atoms with Crippen LogP contribution in [0.5, 0.6) is 0 Å². The Morgan fingerprint density at radius 1 is 0.878 bits per heavy atom. The molecule has 3 heterocycles. The first-order valence-corrected chi connectivity index (χ1v) is 13.9. The molecule has 3 aromatic carbocycles. The number of anilines is 3. The normalized spacial score (nSPS) is 16.5. The monoisotopic (exact) mass is 581 g/mol. The van der Waals surface area contributed by atoms with Gasteiger partial charge in [0.05, 0.1) is 27.5 Å². The molecule has 0 saturated carbocycles. The van der Waals surface area contributed by atoms with Crippen molar-refractivity contribution in [1.29, 1.82) is 0 Å². The van der Waals surface area contributed by atoms with E-state index in [9.17, 15) is 19.2 Å². The Morgan fingerprint density at radius 2 is 1.51 bits per heavy atom. The molecule has 2 aliphatic heterocycles. The highest BCUT2D eigenvalue weighted by Gasteiger charge is 2.44. The van der Waals surface area contributed by atoms with Crippen LogP contribution in [0.25, 0.3) is 11.3 Å². The fraction of sp³-hybridized carbons (Fsp3) is 0.100. The van der Waals surface area contributed by atoms with Gasteiger partial charge in [-0.05, 0) is 37.3 Å². The second-order valence-corrected chi connectivity index (χ2v) is 11.1. The van der Waals surface area contributed by atoms with E-state index in [4.69, 9.17) is 12.2 Å². The zero-order valence-electron chi connectivity index (χ0n) is 22.0. The van der Waals surface area contributed by atoms with E-state index in [1.54, 1.807) is 79.3 Å². The highest BCUT2D eigenvalue weighted by atomic mass is 32.2. The molecule has 3 amide bonds. The molecule has 41 heavy (non-hydrogen) atoms. The fourth-order valence-corrected chi connectivity index (χ4v) is 6.39. The van der Waals surface area contributed by atoms with E-state index < -0.39 is 17.4 Å². The van der Waals surface area contributed by atoms with Gasteiger partial charge in [-0.3, -0.25) is 33.7 Å². The van der Waals surface area contributed by atoms with Gasteiger partial charge in [-0.2, -0.15) is 0 Å². The zero-order chi connectivity index (χ0) is 28.8. The minimum atomic E-state index is -0.556. The summed E-state index contributed by atoms with van der Waals surface area (Å²) in [5.74, 6) is -1.42. The number of fused-ring (bicyclic) bond motifs is 1. The van der Waals surface area contributed by atoms with Crippen LogP contribution < -0.4 is 20.7 Å². The molecule has 0 unspecified atom stereocenters. The van der Waals surface area contributed by atoms with Gasteiger partial charge in [-0.15, -0.1) is 0 Å². The van der Waals surface area contributed by atoms with Gasteiger partial charge >= 0.3 is 0 Å². The van der Waals surface area contributed by atoms with Crippen LogP contribution in [0.3, 0.4) is 0 Å². The number of carbonyl (C=O) groups excluding carboxylic acids is 3. The Morgan fingerprint density at radius 3 is 2.22 bits per heavy atom. The maximum atomic E-state index is 13.9. The lowest BCUT2D eigenvalue weighted by Crippen LogP contribution is -2.36. The van der Waals surface area contributed by atoms with E-state index >= 15 is 0 Å². The summed E-state index contributed by atoms with van der Waals surface area (Å²) in [6, 6.07) is 25.0. The van der Waals surface area contributed by atoms with Crippen LogP contribution >= 0.6 is 24.0 Å². The average Bonchev–Trinajstić information content (AvgIpc) is 3.49. The Balaban J connectivity index is 1.38. The number of thioether (sulfide) groups is 1. The van der Waals surface area contributed by atoms with Gasteiger partial charge in [0.15, 0.2) is 4.32 Å². The van der Waals surface area contributed by atoms with Crippen molar-refractivity contribution in [3.05, 3.63) is 111 Å². The molecule has 0 spiro atoms. The lowest BCUT2D eigenvalue weighted by molar-refractivity contribution is -0.118. The van der Waals surface area contributed by atoms with Crippen LogP contribution in [-0.2, 0) is 21.4 Å². The van der Waals surface area contributed by atoms with Gasteiger partial charge in [0, 0.05) is 18.3 Å². The van der Waals surface area contributed by atoms with Crippen molar-refractivity contribution in [1.82, 2.24) is 9.36 Å². The van der Waals surface area contributed by atoms with Crippen molar-refractivity contribution >= 4 is 68.7 Å². The number of amides is 3. The average molecular weight is 582 g/mol. The molecule has 0 aliphatic carbocycles. The molecule has 1 saturated heterocycles. The van der Waals surface area contributed by atoms with Crippen molar-refractivity contribution in [3.63, 3.8) is 0 Å². The fourth-order valence-electron chi connectivity index (χ4n) is 5.05. The number of carbonyl (C=O) groups is 3. The Kier molecular flexibility index (Phi) is 6.68. The van der Waals surface area contributed by atoms with Gasteiger partial charge in [0.25, 0.3) is 17.4 Å². The summed E-state index contributed by atoms with van der Waals surface area (Å²) in [5, 5.41) is 2.79. The lowest BCUT2D eigenvalue weighted by Gasteiger charge is -2.16. The molecular weight excluding hydrogens is 558 g/mol. The van der Waals surface area contributed by atoms with Gasteiger partial charge in [0.2, 0.25) is 5.91 Å². The number of benzene rings is 3. The van der Waals surface area contributed by atoms with Crippen LogP contribution in [0.2, 0.25) is 0 Å². The second kappa shape index (κ2) is 10.3. The molecule has 0 atom stereocenters. The highest BCUT2D eigenvalue weighted by molar-refractivity contribution is 8.27. The van der Waals surface area contributed by atoms with Crippen LogP contribution in [0, 0.1) is 6.92 Å². The third-order valence-corrected chi connectivity index (χ3v) is 8.40. The summed E-state index contributed by atoms with van der Waals surface area (Å²) in [7, 11) is 1.73. The molecule has 204 valence electrons. The molecule has 1 N–H and O–H groups in total. The zero-order valence-corrected chi connectivity index (χ0v) is 23.7. The minimum Gasteiger partial charge on any atom is -0.325 e. The van der Waals surface area contributed by atoms with E-state index in [-0.39, 0.29) is 32.9 Å². The van der Waals surface area contributed by atoms with Crippen LogP contribution in [0.4, 0.5) is 17.1 Å². The summed E-state index contributed by atoms with van der Waals surface area (Å²) in [4.78, 5) is 56.9. The van der Waals surface area contributed by atoms with E-state index in [1.807, 2.05) is 24.3 Å². The van der Waals surface area contributed by atoms with Crippen molar-refractivity contribution in [2.45, 2.75) is 6.92 Å². The summed E-state index contributed by atoms with van der Waals surface area (Å²) >= 11 is 6.57. The topological polar surface area (TPSA) is 96.7 Å². The summed E-state index contributed by atoms with van der Waals surface area (Å²) in [6.45, 7) is 1.50. The number of thiocarbonyl (C=S) groups is 1. The second-order valence-electron chi connectivity index (χ2n) is 9.45. The number of hydrogen-bond donors (Lipinski definition) is 1. The van der Waals surface area contributed by atoms with Crippen molar-refractivity contribution in [3.8, 4) is 5.69 Å². The van der Waals surface area contributed by atoms with E-state index in [1.165, 1.54) is 14.5 Å². The standard InChI is InChI=1S/C30H23N5O4S2/c1-18-25(28(38)35(32(18)2)20-13-7-4-8-14-20)34-29(39)26(41-30(34)40)24-21-15-9-10-16-22(21)33(27(24)37)17-23(36)31-19-11-5-3-6-12-19/h3-16H,17H2,1-2H3,(H,31,36)/b26-24-. The van der Waals surface area contributed by atoms with E-state index in [2.05, 4.69) is 5.32 Å². The number of aromatic nitrogens is 2. The molecule has 4 aromatic rings. The maximum absolute atomic E-state index is 13.9. The summed E-state index contributed by atoms with van der Waals surface area (Å²) in [6.07, 6.45) is 0. The predicted octanol–water partition coefficient (Wildman–Crippen LogP) is 4.25. The molecule has 0 bridgehead atoms. The Hall–Kier alpha value is -4.74. The predicted molar refractivity (Wildman–Crippen MR) is 164 cm³/mol. The van der Waals surface area contributed by atoms with Crippen LogP contribution in [-0.4, -0.2) is 38.0 Å². The smallest absolute Gasteiger partial charge is 0.296 e. The SMILES string of the molecule is Cc1c(N2C(=O)/C(=C3/C(=O)N(CC(=O)Nc4ccccc4)c4ccccc43)SC2=S)c(=O)n(-c2ccccc2)n1C. The van der Waals surface area contributed by atoms with Crippen molar-refractivity contribution in [2.24, 2.45) is 7.05 Å². The number of rotatable bonds is 5. The lowest BCUT2D eigenvalue weighted by atomic mass is 10.1. The van der Waals surface area contributed by atoms with Crippen LogP contribution in [0.15, 0.2) is 94.6 Å². The molecule has 2 aliphatic rings. The molecule has 0 radical (unpaired) electrons. The number of nitrogens with zero attached hydrogens (tertiary/aromatic N) is 4. The third kappa shape index (κ3) is 4.39. The third-order valence-electron chi connectivity index (χ3n) is 7.03. The van der Waals surface area contributed by atoms with E-state index in [0.29, 0.717) is 28.3 Å². The number of para-hydroxylation sites is 3. The van der Waals surface area contributed by atoms with Crippen LogP contribution in [0.1, 0.15) is 11.3 Å². The first kappa shape index (κ1) is 26.5. The largest absolute Gasteiger partial charge is 0.325 e. The number of hydrogen-bond acceptors (Lipinski definition) is 6. The molecule has 6 rings (SSSR count). The minimum absolute atomic E-state index is 0.118. The molecule has 9 nitrogen and oxygen atoms in total. The van der Waals surface area contributed by atoms with Gasteiger partial charge < -0.3 is 5.32 Å². The molecule has 1 fully saturated rings. The maximum Gasteiger partial charge on any atom is 0.296 e.